The summed E-state index contributed by atoms with van der Waals surface area (Å²) < 4.78 is 13.5. The highest BCUT2D eigenvalue weighted by Gasteiger charge is 2.12. The van der Waals surface area contributed by atoms with Gasteiger partial charge in [-0.15, -0.1) is 0 Å². The fourth-order valence-corrected chi connectivity index (χ4v) is 1.62. The third kappa shape index (κ3) is 4.91. The van der Waals surface area contributed by atoms with E-state index < -0.39 is 11.9 Å². The van der Waals surface area contributed by atoms with E-state index >= 15 is 0 Å². The predicted molar refractivity (Wildman–Crippen MR) is 68.9 cm³/mol. The van der Waals surface area contributed by atoms with E-state index in [4.69, 9.17) is 5.11 Å². The van der Waals surface area contributed by atoms with Crippen molar-refractivity contribution in [2.24, 2.45) is 0 Å². The van der Waals surface area contributed by atoms with Crippen molar-refractivity contribution in [1.82, 2.24) is 4.90 Å². The molecular weight excluding hydrogens is 249 g/mol. The number of carboxylic acids is 1. The number of halogens is 1. The first-order chi connectivity index (χ1) is 9.04. The first-order valence-corrected chi connectivity index (χ1v) is 5.98. The van der Waals surface area contributed by atoms with E-state index in [1.54, 1.807) is 18.2 Å². The van der Waals surface area contributed by atoms with Crippen LogP contribution in [0.3, 0.4) is 0 Å². The SMILES string of the molecule is CCCN(Cc1ccccc1F)C(=O)/C=C/C(=O)O. The zero-order valence-corrected chi connectivity index (χ0v) is 10.7. The van der Waals surface area contributed by atoms with Crippen molar-refractivity contribution in [1.29, 1.82) is 0 Å². The molecule has 0 radical (unpaired) electrons. The maximum Gasteiger partial charge on any atom is 0.328 e. The molecule has 0 aliphatic heterocycles. The molecule has 102 valence electrons. The van der Waals surface area contributed by atoms with E-state index in [0.717, 1.165) is 12.2 Å². The Hall–Kier alpha value is -2.17. The Morgan fingerprint density at radius 3 is 2.58 bits per heavy atom. The van der Waals surface area contributed by atoms with Crippen molar-refractivity contribution in [3.63, 3.8) is 0 Å². The lowest BCUT2D eigenvalue weighted by Gasteiger charge is -2.20. The Morgan fingerprint density at radius 2 is 2.00 bits per heavy atom. The van der Waals surface area contributed by atoms with Crippen LogP contribution in [0.1, 0.15) is 18.9 Å². The van der Waals surface area contributed by atoms with E-state index in [1.807, 2.05) is 6.92 Å². The molecule has 0 fully saturated rings. The molecule has 0 spiro atoms. The largest absolute Gasteiger partial charge is 0.478 e. The zero-order chi connectivity index (χ0) is 14.3. The summed E-state index contributed by atoms with van der Waals surface area (Å²) in [6.45, 7) is 2.46. The molecule has 0 saturated carbocycles. The monoisotopic (exact) mass is 265 g/mol. The lowest BCUT2D eigenvalue weighted by atomic mass is 10.2. The Balaban J connectivity index is 2.81. The molecule has 0 aromatic heterocycles. The van der Waals surface area contributed by atoms with Crippen LogP contribution in [0, 0.1) is 5.82 Å². The first kappa shape index (κ1) is 14.9. The van der Waals surface area contributed by atoms with Gasteiger partial charge in [-0.2, -0.15) is 0 Å². The smallest absolute Gasteiger partial charge is 0.328 e. The van der Waals surface area contributed by atoms with E-state index in [2.05, 4.69) is 0 Å². The molecule has 0 heterocycles. The molecule has 1 aromatic carbocycles. The van der Waals surface area contributed by atoms with E-state index in [-0.39, 0.29) is 12.4 Å². The number of amides is 1. The molecule has 0 bridgehead atoms. The molecular formula is C14H16FNO3. The molecule has 19 heavy (non-hydrogen) atoms. The fourth-order valence-electron chi connectivity index (χ4n) is 1.62. The maximum atomic E-state index is 13.5. The number of carboxylic acid groups (broad SMARTS) is 1. The first-order valence-electron chi connectivity index (χ1n) is 5.98. The summed E-state index contributed by atoms with van der Waals surface area (Å²) >= 11 is 0. The number of rotatable bonds is 6. The van der Waals surface area contributed by atoms with E-state index in [1.165, 1.54) is 11.0 Å². The minimum Gasteiger partial charge on any atom is -0.478 e. The van der Waals surface area contributed by atoms with Gasteiger partial charge in [0, 0.05) is 30.8 Å². The van der Waals surface area contributed by atoms with Crippen LogP contribution in [-0.4, -0.2) is 28.4 Å². The van der Waals surface area contributed by atoms with Gasteiger partial charge in [-0.05, 0) is 12.5 Å². The molecule has 0 atom stereocenters. The van der Waals surface area contributed by atoms with E-state index in [9.17, 15) is 14.0 Å². The van der Waals surface area contributed by atoms with Crippen molar-refractivity contribution in [2.75, 3.05) is 6.54 Å². The molecule has 1 rings (SSSR count). The second-order valence-electron chi connectivity index (χ2n) is 4.02. The molecule has 1 amide bonds. The van der Waals surface area contributed by atoms with Gasteiger partial charge < -0.3 is 10.0 Å². The van der Waals surface area contributed by atoms with Crippen LogP contribution in [0.5, 0.6) is 0 Å². The summed E-state index contributed by atoms with van der Waals surface area (Å²) in [7, 11) is 0. The van der Waals surface area contributed by atoms with Crippen LogP contribution in [0.15, 0.2) is 36.4 Å². The van der Waals surface area contributed by atoms with Gasteiger partial charge in [-0.25, -0.2) is 9.18 Å². The summed E-state index contributed by atoms with van der Waals surface area (Å²) in [5.41, 5.74) is 0.410. The standard InChI is InChI=1S/C14H16FNO3/c1-2-9-16(13(17)7-8-14(18)19)10-11-5-3-4-6-12(11)15/h3-8H,2,9-10H2,1H3,(H,18,19)/b8-7+. The Labute approximate surface area is 111 Å². The topological polar surface area (TPSA) is 57.6 Å². The number of aliphatic carboxylic acids is 1. The summed E-state index contributed by atoms with van der Waals surface area (Å²) in [6.07, 6.45) is 2.48. The molecule has 0 aliphatic rings. The molecule has 0 aliphatic carbocycles. The second-order valence-corrected chi connectivity index (χ2v) is 4.02. The second kappa shape index (κ2) is 7.31. The summed E-state index contributed by atoms with van der Waals surface area (Å²) in [6, 6.07) is 6.21. The lowest BCUT2D eigenvalue weighted by Crippen LogP contribution is -2.30. The highest BCUT2D eigenvalue weighted by molar-refractivity contribution is 5.93. The van der Waals surface area contributed by atoms with Crippen LogP contribution < -0.4 is 0 Å². The van der Waals surface area contributed by atoms with Crippen molar-refractivity contribution in [2.45, 2.75) is 19.9 Å². The number of carbonyl (C=O) groups is 2. The molecule has 1 N–H and O–H groups in total. The molecule has 1 aromatic rings. The van der Waals surface area contributed by atoms with Gasteiger partial charge in [-0.1, -0.05) is 25.1 Å². The lowest BCUT2D eigenvalue weighted by molar-refractivity contribution is -0.132. The van der Waals surface area contributed by atoms with Crippen molar-refractivity contribution in [3.8, 4) is 0 Å². The minimum atomic E-state index is -1.18. The van der Waals surface area contributed by atoms with E-state index in [0.29, 0.717) is 18.5 Å². The summed E-state index contributed by atoms with van der Waals surface area (Å²) in [5, 5.41) is 8.49. The van der Waals surface area contributed by atoms with Gasteiger partial charge in [0.1, 0.15) is 5.82 Å². The maximum absolute atomic E-state index is 13.5. The highest BCUT2D eigenvalue weighted by Crippen LogP contribution is 2.10. The number of nitrogens with zero attached hydrogens (tertiary/aromatic N) is 1. The normalized spacial score (nSPS) is 10.6. The average molecular weight is 265 g/mol. The minimum absolute atomic E-state index is 0.128. The predicted octanol–water partition coefficient (Wildman–Crippen LogP) is 2.21. The molecule has 0 unspecified atom stereocenters. The van der Waals surface area contributed by atoms with Gasteiger partial charge in [0.25, 0.3) is 0 Å². The average Bonchev–Trinajstić information content (AvgIpc) is 2.38. The van der Waals surface area contributed by atoms with Gasteiger partial charge in [0.15, 0.2) is 0 Å². The third-order valence-electron chi connectivity index (χ3n) is 2.49. The number of benzene rings is 1. The summed E-state index contributed by atoms with van der Waals surface area (Å²) in [4.78, 5) is 23.6. The summed E-state index contributed by atoms with van der Waals surface area (Å²) in [5.74, 6) is -2.00. The number of carbonyl (C=O) groups excluding carboxylic acids is 1. The molecule has 0 saturated heterocycles. The van der Waals surface area contributed by atoms with Crippen molar-refractivity contribution >= 4 is 11.9 Å². The molecule has 5 heteroatoms. The number of hydrogen-bond acceptors (Lipinski definition) is 2. The fraction of sp³-hybridized carbons (Fsp3) is 0.286. The third-order valence-corrected chi connectivity index (χ3v) is 2.49. The van der Waals surface area contributed by atoms with Crippen molar-refractivity contribution < 1.29 is 19.1 Å². The van der Waals surface area contributed by atoms with Gasteiger partial charge in [0.05, 0.1) is 0 Å². The Kier molecular flexibility index (Phi) is 5.73. The van der Waals surface area contributed by atoms with Crippen molar-refractivity contribution in [3.05, 3.63) is 47.8 Å². The Morgan fingerprint density at radius 1 is 1.32 bits per heavy atom. The van der Waals surface area contributed by atoms with Gasteiger partial charge in [0.2, 0.25) is 5.91 Å². The van der Waals surface area contributed by atoms with Crippen LogP contribution in [0.4, 0.5) is 4.39 Å². The number of hydrogen-bond donors (Lipinski definition) is 1. The van der Waals surface area contributed by atoms with Crippen LogP contribution >= 0.6 is 0 Å². The highest BCUT2D eigenvalue weighted by atomic mass is 19.1. The van der Waals surface area contributed by atoms with Crippen LogP contribution in [0.2, 0.25) is 0 Å². The van der Waals surface area contributed by atoms with Crippen LogP contribution in [-0.2, 0) is 16.1 Å². The van der Waals surface area contributed by atoms with Crippen LogP contribution in [0.25, 0.3) is 0 Å². The Bertz CT molecular complexity index is 485. The molecule has 4 nitrogen and oxygen atoms in total. The zero-order valence-electron chi connectivity index (χ0n) is 10.7. The van der Waals surface area contributed by atoms with Gasteiger partial charge in [-0.3, -0.25) is 4.79 Å². The quantitative estimate of drug-likeness (QED) is 0.802. The van der Waals surface area contributed by atoms with Gasteiger partial charge >= 0.3 is 5.97 Å².